The molecule has 8 nitrogen and oxygen atoms in total. The number of unbranched alkanes of at least 4 members (excludes halogenated alkanes) is 34. The lowest BCUT2D eigenvalue weighted by Gasteiger charge is -2.25. The Kier molecular flexibility index (Phi) is 49.3. The Morgan fingerprint density at radius 1 is 0.515 bits per heavy atom. The predicted octanol–water partition coefficient (Wildman–Crippen LogP) is 17.5. The van der Waals surface area contributed by atoms with Crippen molar-refractivity contribution in [3.05, 3.63) is 48.6 Å². The van der Waals surface area contributed by atoms with Crippen LogP contribution in [0.1, 0.15) is 271 Å². The first-order valence-electron chi connectivity index (χ1n) is 29.0. The number of amides is 1. The topological polar surface area (TPSA) is 105 Å². The molecule has 0 aliphatic carbocycles. The van der Waals surface area contributed by atoms with E-state index in [-0.39, 0.29) is 19.1 Å². The van der Waals surface area contributed by atoms with Crippen molar-refractivity contribution in [1.82, 2.24) is 5.32 Å². The zero-order valence-electron chi connectivity index (χ0n) is 45.6. The van der Waals surface area contributed by atoms with Crippen LogP contribution in [-0.2, 0) is 18.4 Å². The summed E-state index contributed by atoms with van der Waals surface area (Å²) in [6.45, 7) is 4.72. The number of quaternary nitrogens is 1. The van der Waals surface area contributed by atoms with Crippen LogP contribution in [0.15, 0.2) is 48.6 Å². The Balaban J connectivity index is 4.24. The number of phosphoric ester groups is 1. The molecule has 0 saturated carbocycles. The zero-order chi connectivity index (χ0) is 49.9. The molecule has 0 rings (SSSR count). The summed E-state index contributed by atoms with van der Waals surface area (Å²) in [5.41, 5.74) is 0. The molecule has 0 radical (unpaired) electrons. The molecule has 0 aromatic carbocycles. The van der Waals surface area contributed by atoms with E-state index >= 15 is 0 Å². The van der Waals surface area contributed by atoms with Crippen LogP contribution in [0.4, 0.5) is 0 Å². The smallest absolute Gasteiger partial charge is 0.387 e. The van der Waals surface area contributed by atoms with Crippen molar-refractivity contribution in [2.24, 2.45) is 0 Å². The summed E-state index contributed by atoms with van der Waals surface area (Å²) in [5.74, 6) is -0.185. The fraction of sp³-hybridized carbons (Fsp3) is 0.847. The van der Waals surface area contributed by atoms with E-state index < -0.39 is 20.0 Å². The van der Waals surface area contributed by atoms with Crippen LogP contribution < -0.4 is 5.32 Å². The highest BCUT2D eigenvalue weighted by Crippen LogP contribution is 2.43. The first kappa shape index (κ1) is 66.5. The SMILES string of the molecule is CC/C=C\C/C=C\CCCCCCCCCCCCCCCCC(=O)NC(COP(=O)(O)OCC[N+](C)(C)C)C(O)/C=C/CC/C=C/CCCCCCCCCCCCCCCCCCCCC. The van der Waals surface area contributed by atoms with Crippen molar-refractivity contribution >= 4 is 13.7 Å². The molecule has 1 amide bonds. The highest BCUT2D eigenvalue weighted by atomic mass is 31.2. The number of aliphatic hydroxyl groups is 1. The number of phosphoric acid groups is 1. The second-order valence-electron chi connectivity index (χ2n) is 21.0. The molecule has 0 aliphatic rings. The average molecular weight is 979 g/mol. The van der Waals surface area contributed by atoms with Gasteiger partial charge in [0.1, 0.15) is 13.2 Å². The minimum atomic E-state index is -4.36. The Morgan fingerprint density at radius 3 is 1.34 bits per heavy atom. The molecular formula is C59H114N2O6P+. The third kappa shape index (κ3) is 52.3. The van der Waals surface area contributed by atoms with Crippen LogP contribution in [0.25, 0.3) is 0 Å². The van der Waals surface area contributed by atoms with Gasteiger partial charge in [-0.1, -0.05) is 255 Å². The molecule has 0 aliphatic heterocycles. The van der Waals surface area contributed by atoms with Gasteiger partial charge in [0.25, 0.3) is 0 Å². The van der Waals surface area contributed by atoms with Gasteiger partial charge in [-0.05, 0) is 57.8 Å². The number of carbonyl (C=O) groups is 1. The molecule has 3 N–H and O–H groups in total. The van der Waals surface area contributed by atoms with Crippen molar-refractivity contribution in [3.8, 4) is 0 Å². The molecule has 400 valence electrons. The van der Waals surface area contributed by atoms with Gasteiger partial charge in [0, 0.05) is 6.42 Å². The average Bonchev–Trinajstić information content (AvgIpc) is 3.30. The van der Waals surface area contributed by atoms with E-state index in [1.807, 2.05) is 27.2 Å². The van der Waals surface area contributed by atoms with E-state index in [0.717, 1.165) is 51.4 Å². The highest BCUT2D eigenvalue weighted by Gasteiger charge is 2.27. The summed E-state index contributed by atoms with van der Waals surface area (Å²) in [6.07, 6.45) is 66.5. The van der Waals surface area contributed by atoms with Gasteiger partial charge < -0.3 is 19.8 Å². The van der Waals surface area contributed by atoms with E-state index in [9.17, 15) is 19.4 Å². The van der Waals surface area contributed by atoms with Crippen molar-refractivity contribution in [1.29, 1.82) is 0 Å². The number of hydrogen-bond donors (Lipinski definition) is 3. The molecule has 9 heteroatoms. The van der Waals surface area contributed by atoms with Crippen molar-refractivity contribution in [2.75, 3.05) is 40.9 Å². The first-order chi connectivity index (χ1) is 33.0. The van der Waals surface area contributed by atoms with Gasteiger partial charge in [0.05, 0.1) is 39.9 Å². The van der Waals surface area contributed by atoms with Gasteiger partial charge in [-0.3, -0.25) is 13.8 Å². The van der Waals surface area contributed by atoms with Crippen molar-refractivity contribution < 1.29 is 32.9 Å². The lowest BCUT2D eigenvalue weighted by atomic mass is 10.0. The predicted molar refractivity (Wildman–Crippen MR) is 295 cm³/mol. The summed E-state index contributed by atoms with van der Waals surface area (Å²) in [6, 6.07) is -0.864. The van der Waals surface area contributed by atoms with Gasteiger partial charge in [-0.25, -0.2) is 4.57 Å². The van der Waals surface area contributed by atoms with Crippen LogP contribution in [0, 0.1) is 0 Å². The summed E-state index contributed by atoms with van der Waals surface area (Å²) in [5, 5.41) is 13.9. The monoisotopic (exact) mass is 978 g/mol. The fourth-order valence-electron chi connectivity index (χ4n) is 8.51. The molecule has 0 aromatic rings. The standard InChI is InChI=1S/C59H113N2O6P/c1-6-8-10-12-14-16-18-20-22-24-26-28-29-30-31-33-34-36-38-40-42-44-46-48-50-52-58(62)57(56-67-68(64,65)66-55-54-61(3,4)5)60-59(63)53-51-49-47-45-43-41-39-37-35-32-27-25-23-21-19-17-15-13-11-9-7-2/h9,11,15,17,42,44,50,52,57-58,62H,6-8,10,12-14,16,18-41,43,45-49,51,53-56H2,1-5H3,(H-,60,63,64,65)/p+1/b11-9-,17-15-,44-42+,52-50+. The van der Waals surface area contributed by atoms with E-state index in [4.69, 9.17) is 9.05 Å². The van der Waals surface area contributed by atoms with Gasteiger partial charge in [0.2, 0.25) is 5.91 Å². The third-order valence-electron chi connectivity index (χ3n) is 13.0. The molecule has 0 aromatic heterocycles. The van der Waals surface area contributed by atoms with E-state index in [0.29, 0.717) is 17.4 Å². The molecule has 0 bridgehead atoms. The van der Waals surface area contributed by atoms with Crippen molar-refractivity contribution in [3.63, 3.8) is 0 Å². The zero-order valence-corrected chi connectivity index (χ0v) is 46.5. The largest absolute Gasteiger partial charge is 0.472 e. The molecule has 3 atom stereocenters. The Bertz CT molecular complexity index is 1250. The summed E-state index contributed by atoms with van der Waals surface area (Å²) in [7, 11) is 1.56. The Hall–Kier alpha value is -1.54. The van der Waals surface area contributed by atoms with E-state index in [1.165, 1.54) is 199 Å². The highest BCUT2D eigenvalue weighted by molar-refractivity contribution is 7.47. The quantitative estimate of drug-likeness (QED) is 0.0243. The van der Waals surface area contributed by atoms with Gasteiger partial charge >= 0.3 is 7.82 Å². The molecular weight excluding hydrogens is 864 g/mol. The molecule has 3 unspecified atom stereocenters. The molecule has 68 heavy (non-hydrogen) atoms. The second-order valence-corrected chi connectivity index (χ2v) is 22.4. The number of likely N-dealkylation sites (N-methyl/N-ethyl adjacent to an activating group) is 1. The molecule has 0 heterocycles. The molecule has 0 saturated heterocycles. The number of nitrogens with zero attached hydrogens (tertiary/aromatic N) is 1. The minimum Gasteiger partial charge on any atom is -0.387 e. The summed E-state index contributed by atoms with van der Waals surface area (Å²) >= 11 is 0. The van der Waals surface area contributed by atoms with E-state index in [2.05, 4.69) is 55.6 Å². The number of rotatable bonds is 53. The maximum Gasteiger partial charge on any atom is 0.472 e. The van der Waals surface area contributed by atoms with E-state index in [1.54, 1.807) is 6.08 Å². The summed E-state index contributed by atoms with van der Waals surface area (Å²) in [4.78, 5) is 23.3. The first-order valence-corrected chi connectivity index (χ1v) is 30.5. The lowest BCUT2D eigenvalue weighted by molar-refractivity contribution is -0.870. The van der Waals surface area contributed by atoms with Crippen LogP contribution >= 0.6 is 7.82 Å². The summed E-state index contributed by atoms with van der Waals surface area (Å²) < 4.78 is 23.7. The van der Waals surface area contributed by atoms with Crippen molar-refractivity contribution in [2.45, 2.75) is 283 Å². The minimum absolute atomic E-state index is 0.0561. The fourth-order valence-corrected chi connectivity index (χ4v) is 9.25. The van der Waals surface area contributed by atoms with Crippen LogP contribution in [0.5, 0.6) is 0 Å². The van der Waals surface area contributed by atoms with Gasteiger partial charge in [-0.15, -0.1) is 0 Å². The number of allylic oxidation sites excluding steroid dienone is 7. The Labute approximate surface area is 422 Å². The van der Waals surface area contributed by atoms with Gasteiger partial charge in [0.15, 0.2) is 0 Å². The van der Waals surface area contributed by atoms with Crippen LogP contribution in [0.2, 0.25) is 0 Å². The number of carbonyl (C=O) groups excluding carboxylic acids is 1. The molecule has 0 spiro atoms. The third-order valence-corrected chi connectivity index (χ3v) is 14.0. The normalized spacial score (nSPS) is 14.3. The number of aliphatic hydroxyl groups excluding tert-OH is 1. The number of nitrogens with one attached hydrogen (secondary N) is 1. The number of hydrogen-bond acceptors (Lipinski definition) is 5. The van der Waals surface area contributed by atoms with Crippen LogP contribution in [-0.4, -0.2) is 73.4 Å². The second kappa shape index (κ2) is 50.4. The van der Waals surface area contributed by atoms with Crippen LogP contribution in [0.3, 0.4) is 0 Å². The maximum absolute atomic E-state index is 13.0. The maximum atomic E-state index is 13.0. The Morgan fingerprint density at radius 2 is 0.897 bits per heavy atom. The van der Waals surface area contributed by atoms with Gasteiger partial charge in [-0.2, -0.15) is 0 Å². The molecule has 0 fully saturated rings. The lowest BCUT2D eigenvalue weighted by Crippen LogP contribution is -2.45.